The van der Waals surface area contributed by atoms with Crippen molar-refractivity contribution in [1.82, 2.24) is 10.2 Å². The van der Waals surface area contributed by atoms with E-state index in [4.69, 9.17) is 0 Å². The molecule has 0 bridgehead atoms. The van der Waals surface area contributed by atoms with Crippen LogP contribution in [0.1, 0.15) is 89.2 Å². The molecule has 1 atom stereocenters. The zero-order valence-corrected chi connectivity index (χ0v) is 12.9. The SMILES string of the molecule is CCCCCCCCCCCCC(O)c1ccnnc1. The van der Waals surface area contributed by atoms with Gasteiger partial charge in [0.15, 0.2) is 0 Å². The molecule has 0 aliphatic rings. The molecule has 0 saturated heterocycles. The molecule has 0 fully saturated rings. The summed E-state index contributed by atoms with van der Waals surface area (Å²) in [6.07, 6.45) is 17.0. The Morgan fingerprint density at radius 3 is 2.05 bits per heavy atom. The molecule has 0 aliphatic carbocycles. The van der Waals surface area contributed by atoms with Crippen molar-refractivity contribution in [3.63, 3.8) is 0 Å². The number of aromatic nitrogens is 2. The molecule has 0 spiro atoms. The van der Waals surface area contributed by atoms with Crippen LogP contribution in [-0.4, -0.2) is 15.3 Å². The molecule has 3 nitrogen and oxygen atoms in total. The minimum atomic E-state index is -0.375. The summed E-state index contributed by atoms with van der Waals surface area (Å²) in [6, 6.07) is 1.84. The Bertz CT molecular complexity index is 316. The Hall–Kier alpha value is -0.960. The zero-order chi connectivity index (χ0) is 14.5. The van der Waals surface area contributed by atoms with Crippen molar-refractivity contribution in [2.24, 2.45) is 0 Å². The summed E-state index contributed by atoms with van der Waals surface area (Å²) < 4.78 is 0. The lowest BCUT2D eigenvalue weighted by atomic mass is 10.0. The monoisotopic (exact) mass is 278 g/mol. The molecule has 0 radical (unpaired) electrons. The first-order chi connectivity index (χ1) is 9.84. The van der Waals surface area contributed by atoms with Gasteiger partial charge in [-0.05, 0) is 12.5 Å². The molecule has 0 saturated carbocycles. The summed E-state index contributed by atoms with van der Waals surface area (Å²) in [7, 11) is 0. The lowest BCUT2D eigenvalue weighted by Crippen LogP contribution is -1.98. The average Bonchev–Trinajstić information content (AvgIpc) is 2.50. The molecule has 1 unspecified atom stereocenters. The number of aliphatic hydroxyl groups excluding tert-OH is 1. The fourth-order valence-electron chi connectivity index (χ4n) is 2.49. The van der Waals surface area contributed by atoms with Crippen LogP contribution in [0.3, 0.4) is 0 Å². The van der Waals surface area contributed by atoms with Gasteiger partial charge in [0.1, 0.15) is 0 Å². The first kappa shape index (κ1) is 17.1. The Kier molecular flexibility index (Phi) is 10.1. The highest BCUT2D eigenvalue weighted by Crippen LogP contribution is 2.19. The number of rotatable bonds is 12. The number of nitrogens with zero attached hydrogens (tertiary/aromatic N) is 2. The molecule has 1 aromatic heterocycles. The topological polar surface area (TPSA) is 46.0 Å². The van der Waals surface area contributed by atoms with E-state index in [1.165, 1.54) is 57.8 Å². The summed E-state index contributed by atoms with van der Waals surface area (Å²) in [6.45, 7) is 2.26. The molecule has 3 heteroatoms. The fourth-order valence-corrected chi connectivity index (χ4v) is 2.49. The molecule has 0 aliphatic heterocycles. The van der Waals surface area contributed by atoms with Gasteiger partial charge in [0, 0.05) is 11.8 Å². The summed E-state index contributed by atoms with van der Waals surface area (Å²) in [4.78, 5) is 0. The van der Waals surface area contributed by atoms with Crippen molar-refractivity contribution >= 4 is 0 Å². The Balaban J connectivity index is 1.90. The Morgan fingerprint density at radius 2 is 1.50 bits per heavy atom. The van der Waals surface area contributed by atoms with Crippen molar-refractivity contribution in [1.29, 1.82) is 0 Å². The van der Waals surface area contributed by atoms with E-state index >= 15 is 0 Å². The van der Waals surface area contributed by atoms with Crippen LogP contribution in [0.4, 0.5) is 0 Å². The molecule has 114 valence electrons. The van der Waals surface area contributed by atoms with Gasteiger partial charge in [0.05, 0.1) is 12.3 Å². The lowest BCUT2D eigenvalue weighted by molar-refractivity contribution is 0.162. The normalized spacial score (nSPS) is 12.5. The highest BCUT2D eigenvalue weighted by atomic mass is 16.3. The maximum Gasteiger partial charge on any atom is 0.0806 e. The molecule has 1 heterocycles. The third-order valence-corrected chi connectivity index (χ3v) is 3.82. The fraction of sp³-hybridized carbons (Fsp3) is 0.765. The summed E-state index contributed by atoms with van der Waals surface area (Å²) in [5.74, 6) is 0. The standard InChI is InChI=1S/C17H30N2O/c1-2-3-4-5-6-7-8-9-10-11-12-17(20)16-13-14-18-19-15-16/h13-15,17,20H,2-12H2,1H3. The number of unbranched alkanes of at least 4 members (excludes halogenated alkanes) is 9. The quantitative estimate of drug-likeness (QED) is 0.557. The third-order valence-electron chi connectivity index (χ3n) is 3.82. The van der Waals surface area contributed by atoms with E-state index in [2.05, 4.69) is 17.1 Å². The van der Waals surface area contributed by atoms with E-state index in [1.54, 1.807) is 12.4 Å². The van der Waals surface area contributed by atoms with Crippen molar-refractivity contribution < 1.29 is 5.11 Å². The first-order valence-electron chi connectivity index (χ1n) is 8.29. The largest absolute Gasteiger partial charge is 0.388 e. The maximum atomic E-state index is 9.98. The third kappa shape index (κ3) is 8.26. The van der Waals surface area contributed by atoms with Crippen LogP contribution in [0.25, 0.3) is 0 Å². The Morgan fingerprint density at radius 1 is 0.900 bits per heavy atom. The molecule has 20 heavy (non-hydrogen) atoms. The van der Waals surface area contributed by atoms with Gasteiger partial charge in [-0.2, -0.15) is 10.2 Å². The number of hydrogen-bond donors (Lipinski definition) is 1. The van der Waals surface area contributed by atoms with Crippen LogP contribution in [0.2, 0.25) is 0 Å². The average molecular weight is 278 g/mol. The highest BCUT2D eigenvalue weighted by molar-refractivity contribution is 5.08. The van der Waals surface area contributed by atoms with E-state index in [0.29, 0.717) is 0 Å². The van der Waals surface area contributed by atoms with E-state index in [0.717, 1.165) is 18.4 Å². The number of aliphatic hydroxyl groups is 1. The van der Waals surface area contributed by atoms with Crippen LogP contribution in [0.15, 0.2) is 18.5 Å². The van der Waals surface area contributed by atoms with Crippen molar-refractivity contribution in [3.05, 3.63) is 24.0 Å². The van der Waals surface area contributed by atoms with Crippen LogP contribution in [0, 0.1) is 0 Å². The maximum absolute atomic E-state index is 9.98. The predicted octanol–water partition coefficient (Wildman–Crippen LogP) is 4.82. The second kappa shape index (κ2) is 11.8. The molecular weight excluding hydrogens is 248 g/mol. The van der Waals surface area contributed by atoms with Crippen molar-refractivity contribution in [2.75, 3.05) is 0 Å². The van der Waals surface area contributed by atoms with Crippen LogP contribution in [-0.2, 0) is 0 Å². The molecular formula is C17H30N2O. The minimum Gasteiger partial charge on any atom is -0.388 e. The summed E-state index contributed by atoms with van der Waals surface area (Å²) >= 11 is 0. The summed E-state index contributed by atoms with van der Waals surface area (Å²) in [5, 5.41) is 17.5. The van der Waals surface area contributed by atoms with E-state index < -0.39 is 0 Å². The van der Waals surface area contributed by atoms with Crippen molar-refractivity contribution in [2.45, 2.75) is 83.7 Å². The van der Waals surface area contributed by atoms with Gasteiger partial charge < -0.3 is 5.11 Å². The van der Waals surface area contributed by atoms with Gasteiger partial charge in [-0.3, -0.25) is 0 Å². The molecule has 0 amide bonds. The predicted molar refractivity (Wildman–Crippen MR) is 83.5 cm³/mol. The van der Waals surface area contributed by atoms with Crippen molar-refractivity contribution in [3.8, 4) is 0 Å². The molecule has 1 aromatic rings. The van der Waals surface area contributed by atoms with Gasteiger partial charge >= 0.3 is 0 Å². The first-order valence-corrected chi connectivity index (χ1v) is 8.29. The highest BCUT2D eigenvalue weighted by Gasteiger charge is 2.06. The Labute approximate surface area is 123 Å². The van der Waals surface area contributed by atoms with Gasteiger partial charge in [0.25, 0.3) is 0 Å². The van der Waals surface area contributed by atoms with Gasteiger partial charge in [0.2, 0.25) is 0 Å². The minimum absolute atomic E-state index is 0.375. The smallest absolute Gasteiger partial charge is 0.0806 e. The van der Waals surface area contributed by atoms with Crippen LogP contribution in [0.5, 0.6) is 0 Å². The van der Waals surface area contributed by atoms with E-state index in [-0.39, 0.29) is 6.10 Å². The van der Waals surface area contributed by atoms with Crippen LogP contribution < -0.4 is 0 Å². The van der Waals surface area contributed by atoms with Gasteiger partial charge in [-0.25, -0.2) is 0 Å². The second-order valence-corrected chi connectivity index (χ2v) is 5.66. The summed E-state index contributed by atoms with van der Waals surface area (Å²) in [5.41, 5.74) is 0.885. The van der Waals surface area contributed by atoms with E-state index in [1.807, 2.05) is 6.07 Å². The van der Waals surface area contributed by atoms with Gasteiger partial charge in [-0.15, -0.1) is 0 Å². The van der Waals surface area contributed by atoms with Crippen LogP contribution >= 0.6 is 0 Å². The number of hydrogen-bond acceptors (Lipinski definition) is 3. The zero-order valence-electron chi connectivity index (χ0n) is 12.9. The molecule has 1 rings (SSSR count). The molecule has 0 aromatic carbocycles. The van der Waals surface area contributed by atoms with E-state index in [9.17, 15) is 5.11 Å². The molecule has 1 N–H and O–H groups in total. The second-order valence-electron chi connectivity index (χ2n) is 5.66. The lowest BCUT2D eigenvalue weighted by Gasteiger charge is -2.09. The van der Waals surface area contributed by atoms with Gasteiger partial charge in [-0.1, -0.05) is 71.1 Å².